The van der Waals surface area contributed by atoms with Gasteiger partial charge in [-0.3, -0.25) is 25.0 Å². The number of halogens is 2. The third kappa shape index (κ3) is 6.30. The molecule has 0 saturated carbocycles. The Morgan fingerprint density at radius 2 is 1.64 bits per heavy atom. The Hall–Kier alpha value is -5.78. The first kappa shape index (κ1) is 29.3. The number of nitrogens with zero attached hydrogens (tertiary/aromatic N) is 1. The lowest BCUT2D eigenvalue weighted by atomic mass is 10.0. The maximum Gasteiger partial charge on any atom is 0.411 e. The van der Waals surface area contributed by atoms with Gasteiger partial charge in [-0.1, -0.05) is 36.4 Å². The van der Waals surface area contributed by atoms with E-state index in [0.29, 0.717) is 22.6 Å². The Morgan fingerprint density at radius 1 is 0.889 bits per heavy atom. The minimum Gasteiger partial charge on any atom is -0.456 e. The van der Waals surface area contributed by atoms with Crippen LogP contribution in [0.5, 0.6) is 23.0 Å². The molecule has 4 aromatic carbocycles. The lowest BCUT2D eigenvalue weighted by Gasteiger charge is -2.29. The van der Waals surface area contributed by atoms with Gasteiger partial charge in [0.05, 0.1) is 5.56 Å². The molecule has 1 unspecified atom stereocenters. The van der Waals surface area contributed by atoms with Gasteiger partial charge in [0.25, 0.3) is 5.91 Å². The van der Waals surface area contributed by atoms with E-state index in [2.05, 4.69) is 10.6 Å². The van der Waals surface area contributed by atoms with E-state index in [0.717, 1.165) is 6.07 Å². The lowest BCUT2D eigenvalue weighted by molar-refractivity contribution is -0.136. The molecule has 4 amide bonds. The molecule has 4 aromatic rings. The van der Waals surface area contributed by atoms with Crippen molar-refractivity contribution in [3.05, 3.63) is 113 Å². The Balaban J connectivity index is 1.16. The molecule has 2 aliphatic heterocycles. The lowest BCUT2D eigenvalue weighted by Crippen LogP contribution is -2.52. The average Bonchev–Trinajstić information content (AvgIpc) is 3.36. The van der Waals surface area contributed by atoms with Crippen LogP contribution in [0.15, 0.2) is 84.9 Å². The van der Waals surface area contributed by atoms with Crippen molar-refractivity contribution >= 4 is 29.5 Å². The highest BCUT2D eigenvalue weighted by Gasteiger charge is 2.41. The Bertz CT molecular complexity index is 1800. The molecule has 0 spiro atoms. The van der Waals surface area contributed by atoms with Crippen LogP contribution in [0.2, 0.25) is 0 Å². The maximum atomic E-state index is 13.9. The normalized spacial score (nSPS) is 15.7. The molecule has 0 bridgehead atoms. The minimum absolute atomic E-state index is 0.124. The topological polar surface area (TPSA) is 123 Å². The molecule has 1 saturated heterocycles. The molecule has 10 nitrogen and oxygen atoms in total. The van der Waals surface area contributed by atoms with E-state index in [1.165, 1.54) is 41.3 Å². The van der Waals surface area contributed by atoms with Crippen molar-refractivity contribution in [1.82, 2.24) is 10.2 Å². The van der Waals surface area contributed by atoms with Crippen LogP contribution in [-0.4, -0.2) is 34.8 Å². The van der Waals surface area contributed by atoms with Gasteiger partial charge in [0.2, 0.25) is 17.6 Å². The number of anilines is 1. The van der Waals surface area contributed by atoms with Crippen LogP contribution in [0.25, 0.3) is 0 Å². The number of amides is 4. The summed E-state index contributed by atoms with van der Waals surface area (Å²) in [7, 11) is 0. The number of hydrogen-bond donors (Lipinski definition) is 2. The molecule has 2 aliphatic rings. The van der Waals surface area contributed by atoms with Gasteiger partial charge in [0.15, 0.2) is 11.6 Å². The highest BCUT2D eigenvalue weighted by molar-refractivity contribution is 6.06. The number of benzene rings is 4. The fourth-order valence-corrected chi connectivity index (χ4v) is 5.09. The van der Waals surface area contributed by atoms with Crippen LogP contribution in [0.4, 0.5) is 19.3 Å². The molecular formula is C33H25F2N3O7. The minimum atomic E-state index is -1.11. The van der Waals surface area contributed by atoms with Crippen LogP contribution in [-0.2, 0) is 27.5 Å². The van der Waals surface area contributed by atoms with Gasteiger partial charge in [-0.25, -0.2) is 9.18 Å². The van der Waals surface area contributed by atoms with Crippen LogP contribution in [0.1, 0.15) is 34.3 Å². The molecule has 228 valence electrons. The van der Waals surface area contributed by atoms with Crippen molar-refractivity contribution < 1.29 is 42.2 Å². The van der Waals surface area contributed by atoms with Gasteiger partial charge in [0.1, 0.15) is 29.9 Å². The summed E-state index contributed by atoms with van der Waals surface area (Å²) >= 11 is 0. The number of piperidine rings is 1. The second-order valence-corrected chi connectivity index (χ2v) is 10.3. The summed E-state index contributed by atoms with van der Waals surface area (Å²) in [6.07, 6.45) is -0.466. The highest BCUT2D eigenvalue weighted by Crippen LogP contribution is 2.39. The van der Waals surface area contributed by atoms with E-state index < -0.39 is 35.6 Å². The van der Waals surface area contributed by atoms with Crippen LogP contribution >= 0.6 is 0 Å². The number of hydrogen-bond acceptors (Lipinski definition) is 7. The zero-order valence-corrected chi connectivity index (χ0v) is 23.5. The summed E-state index contributed by atoms with van der Waals surface area (Å²) in [5, 5.41) is 4.86. The number of rotatable bonds is 8. The number of fused-ring (bicyclic) bond motifs is 1. The molecule has 45 heavy (non-hydrogen) atoms. The molecule has 0 aliphatic carbocycles. The summed E-state index contributed by atoms with van der Waals surface area (Å²) in [6.45, 7) is -0.105. The van der Waals surface area contributed by atoms with E-state index in [1.807, 2.05) is 6.07 Å². The van der Waals surface area contributed by atoms with E-state index in [1.54, 1.807) is 36.4 Å². The summed E-state index contributed by atoms with van der Waals surface area (Å²) in [6, 6.07) is 20.9. The number of carbonyl (C=O) groups excluding carboxylic acids is 4. The Morgan fingerprint density at radius 3 is 2.40 bits per heavy atom. The van der Waals surface area contributed by atoms with E-state index >= 15 is 0 Å². The van der Waals surface area contributed by atoms with Crippen molar-refractivity contribution in [1.29, 1.82) is 0 Å². The molecule has 2 N–H and O–H groups in total. The van der Waals surface area contributed by atoms with Crippen molar-refractivity contribution in [2.75, 3.05) is 5.32 Å². The van der Waals surface area contributed by atoms with Gasteiger partial charge >= 0.3 is 6.09 Å². The van der Waals surface area contributed by atoms with Crippen molar-refractivity contribution in [2.24, 2.45) is 0 Å². The van der Waals surface area contributed by atoms with E-state index in [-0.39, 0.29) is 54.7 Å². The summed E-state index contributed by atoms with van der Waals surface area (Å²) in [5.74, 6) is -2.92. The first-order valence-electron chi connectivity index (χ1n) is 13.9. The van der Waals surface area contributed by atoms with Crippen LogP contribution in [0, 0.1) is 11.6 Å². The number of carbonyl (C=O) groups is 4. The maximum absolute atomic E-state index is 13.9. The van der Waals surface area contributed by atoms with Gasteiger partial charge in [-0.15, -0.1) is 0 Å². The highest BCUT2D eigenvalue weighted by atomic mass is 19.2. The predicted octanol–water partition coefficient (Wildman–Crippen LogP) is 6.06. The quantitative estimate of drug-likeness (QED) is 0.232. The zero-order valence-electron chi connectivity index (χ0n) is 23.5. The van der Waals surface area contributed by atoms with Gasteiger partial charge in [-0.05, 0) is 60.5 Å². The molecule has 12 heteroatoms. The fraction of sp³-hybridized carbons (Fsp3) is 0.152. The van der Waals surface area contributed by atoms with Crippen molar-refractivity contribution in [2.45, 2.75) is 32.0 Å². The summed E-state index contributed by atoms with van der Waals surface area (Å²) in [4.78, 5) is 51.9. The SMILES string of the molecule is O=C1CCC(N2Cc3ccc(COC(=O)Nc4ccc(Oc5cccc(F)c5F)cc4)c(Oc4ccccc4)c3C2=O)C(=O)N1. The van der Waals surface area contributed by atoms with Gasteiger partial charge < -0.3 is 19.1 Å². The molecule has 1 atom stereocenters. The number of imide groups is 1. The fourth-order valence-electron chi connectivity index (χ4n) is 5.09. The second kappa shape index (κ2) is 12.4. The largest absolute Gasteiger partial charge is 0.456 e. The first-order valence-corrected chi connectivity index (χ1v) is 13.9. The van der Waals surface area contributed by atoms with E-state index in [4.69, 9.17) is 14.2 Å². The third-order valence-corrected chi connectivity index (χ3v) is 7.29. The number of nitrogens with one attached hydrogen (secondary N) is 2. The van der Waals surface area contributed by atoms with E-state index in [9.17, 15) is 28.0 Å². The van der Waals surface area contributed by atoms with Crippen molar-refractivity contribution in [3.8, 4) is 23.0 Å². The third-order valence-electron chi connectivity index (χ3n) is 7.29. The Kier molecular flexibility index (Phi) is 8.10. The van der Waals surface area contributed by atoms with Crippen LogP contribution in [0.3, 0.4) is 0 Å². The van der Waals surface area contributed by atoms with Gasteiger partial charge in [-0.2, -0.15) is 4.39 Å². The Labute approximate surface area is 255 Å². The second-order valence-electron chi connectivity index (χ2n) is 10.3. The standard InChI is InChI=1S/C33H25F2N3O7/c34-24-7-4-8-26(29(24)35)44-23-13-11-21(12-14-23)36-33(42)43-18-20-10-9-19-17-38(25-15-16-27(39)37-31(25)40)32(41)28(19)30(20)45-22-5-2-1-3-6-22/h1-14,25H,15-18H2,(H,36,42)(H,37,39,40). The average molecular weight is 614 g/mol. The smallest absolute Gasteiger partial charge is 0.411 e. The predicted molar refractivity (Wildman–Crippen MR) is 156 cm³/mol. The summed E-state index contributed by atoms with van der Waals surface area (Å²) in [5.41, 5.74) is 1.63. The zero-order chi connectivity index (χ0) is 31.5. The number of ether oxygens (including phenoxy) is 3. The van der Waals surface area contributed by atoms with Crippen LogP contribution < -0.4 is 20.1 Å². The molecular weight excluding hydrogens is 588 g/mol. The number of para-hydroxylation sites is 1. The monoisotopic (exact) mass is 613 g/mol. The van der Waals surface area contributed by atoms with Gasteiger partial charge in [0, 0.05) is 24.2 Å². The molecule has 0 aromatic heterocycles. The summed E-state index contributed by atoms with van der Waals surface area (Å²) < 4.78 is 44.4. The molecule has 2 heterocycles. The molecule has 1 fully saturated rings. The van der Waals surface area contributed by atoms with Crippen molar-refractivity contribution in [3.63, 3.8) is 0 Å². The molecule has 6 rings (SSSR count). The first-order chi connectivity index (χ1) is 21.8. The molecule has 0 radical (unpaired) electrons.